The average molecular weight is 236 g/mol. The van der Waals surface area contributed by atoms with Gasteiger partial charge in [-0.05, 0) is 25.0 Å². The normalized spacial score (nSPS) is 10.1. The third-order valence-electron chi connectivity index (χ3n) is 2.63. The Labute approximate surface area is 102 Å². The summed E-state index contributed by atoms with van der Waals surface area (Å²) < 4.78 is 5.19. The lowest BCUT2D eigenvalue weighted by Crippen LogP contribution is -2.32. The van der Waals surface area contributed by atoms with E-state index in [1.807, 2.05) is 26.0 Å². The summed E-state index contributed by atoms with van der Waals surface area (Å²) in [6.45, 7) is 5.30. The summed E-state index contributed by atoms with van der Waals surface area (Å²) in [6.07, 6.45) is -0.338. The van der Waals surface area contributed by atoms with E-state index in [0.717, 1.165) is 11.1 Å². The highest BCUT2D eigenvalue weighted by Crippen LogP contribution is 2.12. The van der Waals surface area contributed by atoms with Crippen LogP contribution in [0.4, 0.5) is 4.79 Å². The number of rotatable bonds is 4. The number of hydrogen-bond acceptors (Lipinski definition) is 3. The molecule has 0 fully saturated rings. The van der Waals surface area contributed by atoms with Crippen LogP contribution in [-0.2, 0) is 11.3 Å². The molecule has 0 aromatic heterocycles. The van der Waals surface area contributed by atoms with E-state index in [1.54, 1.807) is 7.05 Å². The van der Waals surface area contributed by atoms with Crippen LogP contribution < -0.4 is 5.73 Å². The second kappa shape index (κ2) is 6.25. The van der Waals surface area contributed by atoms with Crippen LogP contribution >= 0.6 is 0 Å². The highest BCUT2D eigenvalue weighted by atomic mass is 16.6. The Hall–Kier alpha value is -1.55. The number of hydrogen-bond donors (Lipinski definition) is 1. The van der Waals surface area contributed by atoms with Crippen molar-refractivity contribution in [2.24, 2.45) is 5.73 Å². The Morgan fingerprint density at radius 2 is 2.12 bits per heavy atom. The summed E-state index contributed by atoms with van der Waals surface area (Å²) >= 11 is 0. The molecule has 0 spiro atoms. The van der Waals surface area contributed by atoms with E-state index in [0.29, 0.717) is 19.7 Å². The zero-order valence-electron chi connectivity index (χ0n) is 10.7. The van der Waals surface area contributed by atoms with Crippen LogP contribution in [0.5, 0.6) is 0 Å². The Balaban J connectivity index is 2.53. The van der Waals surface area contributed by atoms with Crippen LogP contribution in [0, 0.1) is 13.8 Å². The monoisotopic (exact) mass is 236 g/mol. The van der Waals surface area contributed by atoms with Gasteiger partial charge in [0.2, 0.25) is 0 Å². The first-order valence-electron chi connectivity index (χ1n) is 5.68. The number of benzene rings is 1. The molecule has 0 atom stereocenters. The number of nitrogens with zero attached hydrogens (tertiary/aromatic N) is 1. The van der Waals surface area contributed by atoms with Gasteiger partial charge in [0.05, 0.1) is 0 Å². The van der Waals surface area contributed by atoms with Crippen molar-refractivity contribution >= 4 is 6.09 Å². The van der Waals surface area contributed by atoms with Crippen LogP contribution in [0.3, 0.4) is 0 Å². The summed E-state index contributed by atoms with van der Waals surface area (Å²) in [4.78, 5) is 13.0. The Bertz CT molecular complexity index is 391. The molecule has 1 rings (SSSR count). The average Bonchev–Trinajstić information content (AvgIpc) is 2.27. The van der Waals surface area contributed by atoms with Gasteiger partial charge in [0.1, 0.15) is 6.61 Å². The van der Waals surface area contributed by atoms with Crippen molar-refractivity contribution in [1.29, 1.82) is 0 Å². The van der Waals surface area contributed by atoms with Crippen LogP contribution in [0.1, 0.15) is 16.7 Å². The molecule has 1 aromatic carbocycles. The molecule has 1 amide bonds. The molecule has 17 heavy (non-hydrogen) atoms. The molecule has 0 bridgehead atoms. The summed E-state index contributed by atoms with van der Waals surface area (Å²) in [5.41, 5.74) is 8.74. The fourth-order valence-corrected chi connectivity index (χ4v) is 1.54. The van der Waals surface area contributed by atoms with E-state index in [2.05, 4.69) is 6.07 Å². The van der Waals surface area contributed by atoms with Crippen molar-refractivity contribution in [2.75, 3.05) is 20.1 Å². The Kier molecular flexibility index (Phi) is 4.97. The van der Waals surface area contributed by atoms with Gasteiger partial charge in [0.15, 0.2) is 0 Å². The van der Waals surface area contributed by atoms with E-state index >= 15 is 0 Å². The molecular formula is C13H20N2O2. The van der Waals surface area contributed by atoms with Crippen LogP contribution in [-0.4, -0.2) is 31.1 Å². The first kappa shape index (κ1) is 13.5. The minimum Gasteiger partial charge on any atom is -0.445 e. The van der Waals surface area contributed by atoms with Crippen molar-refractivity contribution in [1.82, 2.24) is 4.90 Å². The molecular weight excluding hydrogens is 216 g/mol. The van der Waals surface area contributed by atoms with Gasteiger partial charge in [0.25, 0.3) is 0 Å². The number of likely N-dealkylation sites (N-methyl/N-ethyl adjacent to an activating group) is 1. The molecule has 2 N–H and O–H groups in total. The second-order valence-electron chi connectivity index (χ2n) is 4.19. The molecule has 0 aliphatic heterocycles. The van der Waals surface area contributed by atoms with Crippen LogP contribution in [0.15, 0.2) is 18.2 Å². The molecule has 0 radical (unpaired) electrons. The van der Waals surface area contributed by atoms with Crippen molar-refractivity contribution in [3.05, 3.63) is 34.9 Å². The van der Waals surface area contributed by atoms with Gasteiger partial charge >= 0.3 is 6.09 Å². The first-order valence-corrected chi connectivity index (χ1v) is 5.68. The maximum atomic E-state index is 11.5. The fourth-order valence-electron chi connectivity index (χ4n) is 1.54. The lowest BCUT2D eigenvalue weighted by Gasteiger charge is -2.16. The number of nitrogens with two attached hydrogens (primary N) is 1. The molecule has 4 heteroatoms. The first-order chi connectivity index (χ1) is 8.04. The smallest absolute Gasteiger partial charge is 0.409 e. The van der Waals surface area contributed by atoms with Crippen molar-refractivity contribution in [2.45, 2.75) is 20.5 Å². The number of amides is 1. The van der Waals surface area contributed by atoms with Gasteiger partial charge in [-0.2, -0.15) is 0 Å². The number of carbonyl (C=O) groups excluding carboxylic acids is 1. The van der Waals surface area contributed by atoms with Gasteiger partial charge in [-0.3, -0.25) is 0 Å². The van der Waals surface area contributed by atoms with E-state index in [-0.39, 0.29) is 6.09 Å². The third-order valence-corrected chi connectivity index (χ3v) is 2.63. The molecule has 0 saturated carbocycles. The number of ether oxygens (including phenoxy) is 1. The molecule has 4 nitrogen and oxygen atoms in total. The molecule has 1 aromatic rings. The third kappa shape index (κ3) is 4.07. The quantitative estimate of drug-likeness (QED) is 0.867. The molecule has 0 aliphatic rings. The van der Waals surface area contributed by atoms with Crippen molar-refractivity contribution in [3.8, 4) is 0 Å². The van der Waals surface area contributed by atoms with E-state index in [1.165, 1.54) is 10.5 Å². The lowest BCUT2D eigenvalue weighted by molar-refractivity contribution is 0.105. The molecule has 0 saturated heterocycles. The van der Waals surface area contributed by atoms with Crippen LogP contribution in [0.25, 0.3) is 0 Å². The molecule has 0 unspecified atom stereocenters. The predicted molar refractivity (Wildman–Crippen MR) is 67.8 cm³/mol. The minimum absolute atomic E-state index is 0.305. The van der Waals surface area contributed by atoms with Gasteiger partial charge in [-0.1, -0.05) is 23.8 Å². The molecule has 94 valence electrons. The van der Waals surface area contributed by atoms with Crippen molar-refractivity contribution < 1.29 is 9.53 Å². The summed E-state index contributed by atoms with van der Waals surface area (Å²) in [5, 5.41) is 0. The van der Waals surface area contributed by atoms with Crippen LogP contribution in [0.2, 0.25) is 0 Å². The predicted octanol–water partition coefficient (Wildman–Crippen LogP) is 1.83. The lowest BCUT2D eigenvalue weighted by atomic mass is 10.1. The minimum atomic E-state index is -0.338. The highest BCUT2D eigenvalue weighted by molar-refractivity contribution is 5.67. The van der Waals surface area contributed by atoms with E-state index < -0.39 is 0 Å². The summed E-state index contributed by atoms with van der Waals surface area (Å²) in [6, 6.07) is 6.08. The highest BCUT2D eigenvalue weighted by Gasteiger charge is 2.09. The Morgan fingerprint density at radius 1 is 1.41 bits per heavy atom. The van der Waals surface area contributed by atoms with Gasteiger partial charge < -0.3 is 15.4 Å². The number of aryl methyl sites for hydroxylation is 2. The fraction of sp³-hybridized carbons (Fsp3) is 0.462. The topological polar surface area (TPSA) is 55.6 Å². The van der Waals surface area contributed by atoms with Crippen molar-refractivity contribution in [3.63, 3.8) is 0 Å². The SMILES string of the molecule is Cc1ccc(COC(=O)N(C)CCN)c(C)c1. The maximum Gasteiger partial charge on any atom is 0.409 e. The zero-order valence-corrected chi connectivity index (χ0v) is 10.7. The van der Waals surface area contributed by atoms with Gasteiger partial charge in [-0.15, -0.1) is 0 Å². The Morgan fingerprint density at radius 3 is 2.71 bits per heavy atom. The maximum absolute atomic E-state index is 11.5. The van der Waals surface area contributed by atoms with Gasteiger partial charge in [-0.25, -0.2) is 4.79 Å². The zero-order chi connectivity index (χ0) is 12.8. The van der Waals surface area contributed by atoms with Gasteiger partial charge in [0, 0.05) is 20.1 Å². The summed E-state index contributed by atoms with van der Waals surface area (Å²) in [5.74, 6) is 0. The van der Waals surface area contributed by atoms with E-state index in [9.17, 15) is 4.79 Å². The second-order valence-corrected chi connectivity index (χ2v) is 4.19. The largest absolute Gasteiger partial charge is 0.445 e. The summed E-state index contributed by atoms with van der Waals surface area (Å²) in [7, 11) is 1.68. The molecule has 0 aliphatic carbocycles. The standard InChI is InChI=1S/C13H20N2O2/c1-10-4-5-12(11(2)8-10)9-17-13(16)15(3)7-6-14/h4-5,8H,6-7,9,14H2,1-3H3. The van der Waals surface area contributed by atoms with E-state index in [4.69, 9.17) is 10.5 Å². The number of carbonyl (C=O) groups is 1. The molecule has 0 heterocycles.